The van der Waals surface area contributed by atoms with E-state index in [1.807, 2.05) is 53.1 Å². The number of ether oxygens (including phenoxy) is 1. The lowest BCUT2D eigenvalue weighted by Gasteiger charge is -2.43. The van der Waals surface area contributed by atoms with Crippen molar-refractivity contribution in [2.75, 3.05) is 12.4 Å². The molecule has 31 heavy (non-hydrogen) atoms. The third kappa shape index (κ3) is 3.80. The molecule has 5 rings (SSSR count). The van der Waals surface area contributed by atoms with Crippen molar-refractivity contribution < 1.29 is 14.3 Å². The molecule has 1 aliphatic heterocycles. The molecule has 2 amide bonds. The molecular formula is C23H25N5O3. The Morgan fingerprint density at radius 2 is 2.03 bits per heavy atom. The van der Waals surface area contributed by atoms with E-state index in [0.29, 0.717) is 11.4 Å². The van der Waals surface area contributed by atoms with Gasteiger partial charge in [0, 0.05) is 31.1 Å². The monoisotopic (exact) mass is 419 g/mol. The second-order valence-electron chi connectivity index (χ2n) is 8.22. The first-order chi connectivity index (χ1) is 15.1. The van der Waals surface area contributed by atoms with Gasteiger partial charge in [0.05, 0.1) is 12.1 Å². The SMILES string of the molecule is COC1CCC2C(C1)C(=O)NNC2c1ccc(NC(=O)c2cn3ccccc3n2)cc1. The van der Waals surface area contributed by atoms with E-state index in [1.54, 1.807) is 13.3 Å². The topological polar surface area (TPSA) is 96.8 Å². The lowest BCUT2D eigenvalue weighted by atomic mass is 9.71. The maximum absolute atomic E-state index is 12.6. The zero-order valence-corrected chi connectivity index (χ0v) is 17.2. The summed E-state index contributed by atoms with van der Waals surface area (Å²) in [4.78, 5) is 29.3. The van der Waals surface area contributed by atoms with Crippen molar-refractivity contribution in [2.24, 2.45) is 11.8 Å². The molecule has 8 heteroatoms. The van der Waals surface area contributed by atoms with Gasteiger partial charge < -0.3 is 14.5 Å². The van der Waals surface area contributed by atoms with Gasteiger partial charge in [-0.2, -0.15) is 0 Å². The average Bonchev–Trinajstić information content (AvgIpc) is 3.24. The van der Waals surface area contributed by atoms with E-state index < -0.39 is 0 Å². The second-order valence-corrected chi connectivity index (χ2v) is 8.22. The normalized spacial score (nSPS) is 25.6. The van der Waals surface area contributed by atoms with Crippen LogP contribution < -0.4 is 16.2 Å². The molecule has 8 nitrogen and oxygen atoms in total. The number of imidazole rings is 1. The first-order valence-electron chi connectivity index (χ1n) is 10.6. The molecule has 3 aromatic rings. The van der Waals surface area contributed by atoms with Gasteiger partial charge in [-0.05, 0) is 55.0 Å². The summed E-state index contributed by atoms with van der Waals surface area (Å²) >= 11 is 0. The number of hydrazine groups is 1. The maximum atomic E-state index is 12.6. The van der Waals surface area contributed by atoms with Crippen molar-refractivity contribution in [1.82, 2.24) is 20.2 Å². The standard InChI is InChI=1S/C23H25N5O3/c1-31-16-9-10-17-18(12-16)22(29)27-26-21(17)14-5-7-15(8-6-14)24-23(30)19-13-28-11-3-2-4-20(28)25-19/h2-8,11,13,16-18,21,26H,9-10,12H2,1H3,(H,24,30)(H,27,29). The number of nitrogens with zero attached hydrogens (tertiary/aromatic N) is 2. The first kappa shape index (κ1) is 19.7. The predicted octanol–water partition coefficient (Wildman–Crippen LogP) is 2.69. The first-order valence-corrected chi connectivity index (χ1v) is 10.6. The van der Waals surface area contributed by atoms with Crippen LogP contribution in [-0.4, -0.2) is 34.4 Å². The third-order valence-electron chi connectivity index (χ3n) is 6.43. The van der Waals surface area contributed by atoms with Gasteiger partial charge in [0.15, 0.2) is 0 Å². The molecule has 0 radical (unpaired) electrons. The minimum absolute atomic E-state index is 0.0312. The Hall–Kier alpha value is -3.23. The third-order valence-corrected chi connectivity index (χ3v) is 6.43. The highest BCUT2D eigenvalue weighted by molar-refractivity contribution is 6.03. The van der Waals surface area contributed by atoms with Crippen molar-refractivity contribution >= 4 is 23.1 Å². The van der Waals surface area contributed by atoms with Gasteiger partial charge in [0.25, 0.3) is 5.91 Å². The van der Waals surface area contributed by atoms with Crippen molar-refractivity contribution in [3.05, 3.63) is 66.1 Å². The van der Waals surface area contributed by atoms with Crippen LogP contribution in [0, 0.1) is 11.8 Å². The van der Waals surface area contributed by atoms with Gasteiger partial charge >= 0.3 is 0 Å². The van der Waals surface area contributed by atoms with E-state index in [1.165, 1.54) is 0 Å². The number of carbonyl (C=O) groups is 2. The van der Waals surface area contributed by atoms with Gasteiger partial charge in [-0.3, -0.25) is 15.0 Å². The molecule has 2 fully saturated rings. The Labute approximate surface area is 180 Å². The molecule has 4 atom stereocenters. The molecule has 3 N–H and O–H groups in total. The molecule has 1 saturated carbocycles. The van der Waals surface area contributed by atoms with Crippen LogP contribution in [0.2, 0.25) is 0 Å². The highest BCUT2D eigenvalue weighted by Gasteiger charge is 2.43. The smallest absolute Gasteiger partial charge is 0.275 e. The summed E-state index contributed by atoms with van der Waals surface area (Å²) in [7, 11) is 1.71. The zero-order valence-electron chi connectivity index (χ0n) is 17.2. The Morgan fingerprint density at radius 3 is 2.81 bits per heavy atom. The van der Waals surface area contributed by atoms with Crippen LogP contribution in [0.5, 0.6) is 0 Å². The lowest BCUT2D eigenvalue weighted by Crippen LogP contribution is -2.56. The molecule has 3 heterocycles. The number of nitrogens with one attached hydrogen (secondary N) is 3. The minimum atomic E-state index is -0.252. The van der Waals surface area contributed by atoms with Crippen LogP contribution in [0.15, 0.2) is 54.9 Å². The van der Waals surface area contributed by atoms with Crippen LogP contribution in [0.4, 0.5) is 5.69 Å². The van der Waals surface area contributed by atoms with Crippen LogP contribution >= 0.6 is 0 Å². The molecule has 1 saturated heterocycles. The Bertz CT molecular complexity index is 1080. The fourth-order valence-corrected chi connectivity index (χ4v) is 4.76. The predicted molar refractivity (Wildman–Crippen MR) is 115 cm³/mol. The number of anilines is 1. The number of hydrogen-bond donors (Lipinski definition) is 3. The van der Waals surface area contributed by atoms with Gasteiger partial charge in [0.1, 0.15) is 11.3 Å². The van der Waals surface area contributed by atoms with Crippen LogP contribution in [0.1, 0.15) is 41.4 Å². The lowest BCUT2D eigenvalue weighted by molar-refractivity contribution is -0.136. The van der Waals surface area contributed by atoms with E-state index in [2.05, 4.69) is 21.2 Å². The number of pyridine rings is 1. The van der Waals surface area contributed by atoms with Crippen molar-refractivity contribution in [2.45, 2.75) is 31.4 Å². The zero-order chi connectivity index (χ0) is 21.4. The largest absolute Gasteiger partial charge is 0.381 e. The molecule has 0 spiro atoms. The number of aromatic nitrogens is 2. The number of benzene rings is 1. The fraction of sp³-hybridized carbons (Fsp3) is 0.348. The maximum Gasteiger partial charge on any atom is 0.275 e. The molecule has 1 aromatic carbocycles. The van der Waals surface area contributed by atoms with Crippen LogP contribution in [0.3, 0.4) is 0 Å². The molecule has 0 bridgehead atoms. The Balaban J connectivity index is 1.29. The average molecular weight is 419 g/mol. The van der Waals surface area contributed by atoms with Crippen molar-refractivity contribution in [1.29, 1.82) is 0 Å². The molecular weight excluding hydrogens is 394 g/mol. The number of amides is 2. The summed E-state index contributed by atoms with van der Waals surface area (Å²) in [5.74, 6) is -0.0465. The number of hydrogen-bond acceptors (Lipinski definition) is 5. The summed E-state index contributed by atoms with van der Waals surface area (Å²) in [6.45, 7) is 0. The summed E-state index contributed by atoms with van der Waals surface area (Å²) in [5, 5.41) is 2.90. The summed E-state index contributed by atoms with van der Waals surface area (Å²) in [6, 6.07) is 13.4. The molecule has 4 unspecified atom stereocenters. The summed E-state index contributed by atoms with van der Waals surface area (Å²) < 4.78 is 7.31. The van der Waals surface area contributed by atoms with Crippen molar-refractivity contribution in [3.63, 3.8) is 0 Å². The second kappa shape index (κ2) is 8.13. The number of carbonyl (C=O) groups excluding carboxylic acids is 2. The van der Waals surface area contributed by atoms with E-state index in [-0.39, 0.29) is 35.8 Å². The van der Waals surface area contributed by atoms with E-state index in [9.17, 15) is 9.59 Å². The molecule has 2 aliphatic rings. The van der Waals surface area contributed by atoms with Gasteiger partial charge in [0.2, 0.25) is 5.91 Å². The van der Waals surface area contributed by atoms with Gasteiger partial charge in [-0.1, -0.05) is 18.2 Å². The number of rotatable bonds is 4. The van der Waals surface area contributed by atoms with E-state index in [4.69, 9.17) is 4.74 Å². The van der Waals surface area contributed by atoms with Crippen LogP contribution in [0.25, 0.3) is 5.65 Å². The molecule has 2 aromatic heterocycles. The highest BCUT2D eigenvalue weighted by Crippen LogP contribution is 2.41. The quantitative estimate of drug-likeness (QED) is 0.604. The van der Waals surface area contributed by atoms with Gasteiger partial charge in [-0.25, -0.2) is 10.4 Å². The molecule has 160 valence electrons. The number of methoxy groups -OCH3 is 1. The van der Waals surface area contributed by atoms with Crippen molar-refractivity contribution in [3.8, 4) is 0 Å². The van der Waals surface area contributed by atoms with Crippen LogP contribution in [-0.2, 0) is 9.53 Å². The fourth-order valence-electron chi connectivity index (χ4n) is 4.76. The highest BCUT2D eigenvalue weighted by atomic mass is 16.5. The van der Waals surface area contributed by atoms with E-state index >= 15 is 0 Å². The van der Waals surface area contributed by atoms with E-state index in [0.717, 1.165) is 30.5 Å². The Morgan fingerprint density at radius 1 is 1.19 bits per heavy atom. The minimum Gasteiger partial charge on any atom is -0.381 e. The summed E-state index contributed by atoms with van der Waals surface area (Å²) in [5.41, 5.74) is 8.88. The molecule has 1 aliphatic carbocycles. The van der Waals surface area contributed by atoms with Gasteiger partial charge in [-0.15, -0.1) is 0 Å². The summed E-state index contributed by atoms with van der Waals surface area (Å²) in [6.07, 6.45) is 6.35. The number of fused-ring (bicyclic) bond motifs is 2. The Kier molecular flexibility index (Phi) is 5.17.